The molecule has 2 aromatic carbocycles. The van der Waals surface area contributed by atoms with Gasteiger partial charge in [0.2, 0.25) is 0 Å². The summed E-state index contributed by atoms with van der Waals surface area (Å²) >= 11 is 5.94. The molecule has 2 N–H and O–H groups in total. The van der Waals surface area contributed by atoms with Gasteiger partial charge >= 0.3 is 0 Å². The lowest BCUT2D eigenvalue weighted by Gasteiger charge is -2.31. The molecule has 24 heavy (non-hydrogen) atoms. The molecule has 0 radical (unpaired) electrons. The molecule has 0 aliphatic carbocycles. The number of nitrogens with one attached hydrogen (secondary N) is 1. The first-order chi connectivity index (χ1) is 11.5. The Balaban J connectivity index is 1.65. The van der Waals surface area contributed by atoms with Crippen LogP contribution in [0.25, 0.3) is 11.1 Å². The van der Waals surface area contributed by atoms with Crippen LogP contribution in [-0.4, -0.2) is 42.7 Å². The normalized spacial score (nSPS) is 18.3. The predicted molar refractivity (Wildman–Crippen MR) is 100 cm³/mol. The SMILES string of the molecule is CC(O)(CCN1CCNCC1)c1ccc(-c2ccc(Cl)cc2)cc1. The number of nitrogens with zero attached hydrogens (tertiary/aromatic N) is 1. The molecule has 3 rings (SSSR count). The van der Waals surface area contributed by atoms with Crippen LogP contribution in [0.15, 0.2) is 48.5 Å². The minimum atomic E-state index is -0.802. The van der Waals surface area contributed by atoms with Crippen LogP contribution in [0.3, 0.4) is 0 Å². The third-order valence-electron chi connectivity index (χ3n) is 4.81. The van der Waals surface area contributed by atoms with Gasteiger partial charge in [0.25, 0.3) is 0 Å². The Bertz CT molecular complexity index is 646. The molecule has 1 saturated heterocycles. The molecule has 4 heteroatoms. The van der Waals surface area contributed by atoms with E-state index in [1.54, 1.807) is 0 Å². The van der Waals surface area contributed by atoms with Crippen molar-refractivity contribution in [3.8, 4) is 11.1 Å². The second kappa shape index (κ2) is 7.66. The molecule has 0 amide bonds. The van der Waals surface area contributed by atoms with E-state index in [4.69, 9.17) is 11.6 Å². The van der Waals surface area contributed by atoms with Crippen LogP contribution in [0, 0.1) is 0 Å². The molecule has 3 nitrogen and oxygen atoms in total. The smallest absolute Gasteiger partial charge is 0.0880 e. The maximum absolute atomic E-state index is 10.9. The molecule has 1 heterocycles. The van der Waals surface area contributed by atoms with Gasteiger partial charge in [-0.3, -0.25) is 0 Å². The maximum Gasteiger partial charge on any atom is 0.0880 e. The zero-order valence-electron chi connectivity index (χ0n) is 14.1. The summed E-state index contributed by atoms with van der Waals surface area (Å²) in [5.41, 5.74) is 2.43. The van der Waals surface area contributed by atoms with Gasteiger partial charge in [-0.25, -0.2) is 0 Å². The molecule has 2 aromatic rings. The first kappa shape index (κ1) is 17.4. The summed E-state index contributed by atoms with van der Waals surface area (Å²) in [7, 11) is 0. The van der Waals surface area contributed by atoms with Crippen LogP contribution in [0.4, 0.5) is 0 Å². The average molecular weight is 345 g/mol. The van der Waals surface area contributed by atoms with Gasteiger partial charge in [-0.1, -0.05) is 48.0 Å². The fraction of sp³-hybridized carbons (Fsp3) is 0.400. The zero-order valence-corrected chi connectivity index (χ0v) is 14.9. The minimum absolute atomic E-state index is 0.742. The van der Waals surface area contributed by atoms with Gasteiger partial charge in [0, 0.05) is 37.7 Å². The van der Waals surface area contributed by atoms with Crippen molar-refractivity contribution in [2.75, 3.05) is 32.7 Å². The second-order valence-electron chi connectivity index (χ2n) is 6.70. The molecular weight excluding hydrogens is 320 g/mol. The lowest BCUT2D eigenvalue weighted by Crippen LogP contribution is -2.45. The topological polar surface area (TPSA) is 35.5 Å². The highest BCUT2D eigenvalue weighted by Gasteiger charge is 2.24. The molecule has 0 saturated carbocycles. The van der Waals surface area contributed by atoms with Gasteiger partial charge in [0.05, 0.1) is 5.60 Å². The number of rotatable bonds is 5. The highest BCUT2D eigenvalue weighted by Crippen LogP contribution is 2.28. The standard InChI is InChI=1S/C20H25ClN2O/c1-20(24,10-13-23-14-11-22-12-15-23)18-6-2-16(3-7-18)17-4-8-19(21)9-5-17/h2-9,22,24H,10-15H2,1H3. The van der Waals surface area contributed by atoms with Crippen LogP contribution in [0.5, 0.6) is 0 Å². The second-order valence-corrected chi connectivity index (χ2v) is 7.14. The van der Waals surface area contributed by atoms with E-state index in [0.29, 0.717) is 0 Å². The maximum atomic E-state index is 10.9. The van der Waals surface area contributed by atoms with Gasteiger partial charge in [0.1, 0.15) is 0 Å². The van der Waals surface area contributed by atoms with Crippen LogP contribution < -0.4 is 5.32 Å². The van der Waals surface area contributed by atoms with E-state index in [0.717, 1.165) is 60.9 Å². The zero-order chi connectivity index (χ0) is 17.0. The van der Waals surface area contributed by atoms with Gasteiger partial charge in [-0.05, 0) is 42.2 Å². The average Bonchev–Trinajstić information content (AvgIpc) is 2.62. The van der Waals surface area contributed by atoms with E-state index < -0.39 is 5.60 Å². The van der Waals surface area contributed by atoms with E-state index in [1.165, 1.54) is 0 Å². The predicted octanol–water partition coefficient (Wildman–Crippen LogP) is 3.51. The Morgan fingerprint density at radius 1 is 1.00 bits per heavy atom. The Kier molecular flexibility index (Phi) is 5.57. The summed E-state index contributed by atoms with van der Waals surface area (Å²) in [6.07, 6.45) is 0.743. The highest BCUT2D eigenvalue weighted by atomic mass is 35.5. The monoisotopic (exact) mass is 344 g/mol. The van der Waals surface area contributed by atoms with Gasteiger partial charge in [-0.2, -0.15) is 0 Å². The Labute approximate surface area is 149 Å². The van der Waals surface area contributed by atoms with Crippen molar-refractivity contribution in [2.24, 2.45) is 0 Å². The van der Waals surface area contributed by atoms with Gasteiger partial charge in [0.15, 0.2) is 0 Å². The van der Waals surface area contributed by atoms with Crippen LogP contribution in [-0.2, 0) is 5.60 Å². The van der Waals surface area contributed by atoms with Gasteiger partial charge < -0.3 is 15.3 Å². The lowest BCUT2D eigenvalue weighted by atomic mass is 9.90. The number of benzene rings is 2. The van der Waals surface area contributed by atoms with Crippen LogP contribution in [0.1, 0.15) is 18.9 Å². The molecule has 1 aliphatic rings. The molecule has 0 aromatic heterocycles. The largest absolute Gasteiger partial charge is 0.385 e. The molecule has 1 aliphatic heterocycles. The minimum Gasteiger partial charge on any atom is -0.385 e. The van der Waals surface area contributed by atoms with Crippen molar-refractivity contribution in [1.82, 2.24) is 10.2 Å². The van der Waals surface area contributed by atoms with Gasteiger partial charge in [-0.15, -0.1) is 0 Å². The molecule has 0 spiro atoms. The number of hydrogen-bond acceptors (Lipinski definition) is 3. The number of halogens is 1. The summed E-state index contributed by atoms with van der Waals surface area (Å²) in [6.45, 7) is 7.03. The fourth-order valence-electron chi connectivity index (χ4n) is 3.12. The van der Waals surface area contributed by atoms with E-state index in [1.807, 2.05) is 43.3 Å². The summed E-state index contributed by atoms with van der Waals surface area (Å²) in [5.74, 6) is 0. The summed E-state index contributed by atoms with van der Waals surface area (Å²) in [4.78, 5) is 2.41. The molecule has 1 atom stereocenters. The van der Waals surface area contributed by atoms with E-state index >= 15 is 0 Å². The van der Waals surface area contributed by atoms with Crippen molar-refractivity contribution in [1.29, 1.82) is 0 Å². The van der Waals surface area contributed by atoms with Crippen molar-refractivity contribution in [2.45, 2.75) is 18.9 Å². The highest BCUT2D eigenvalue weighted by molar-refractivity contribution is 6.30. The molecular formula is C20H25ClN2O. The number of aliphatic hydroxyl groups is 1. The van der Waals surface area contributed by atoms with Crippen molar-refractivity contribution in [3.63, 3.8) is 0 Å². The van der Waals surface area contributed by atoms with Crippen molar-refractivity contribution < 1.29 is 5.11 Å². The third kappa shape index (κ3) is 4.37. The number of piperazine rings is 1. The van der Waals surface area contributed by atoms with Crippen LogP contribution in [0.2, 0.25) is 5.02 Å². The molecule has 1 unspecified atom stereocenters. The first-order valence-corrected chi connectivity index (χ1v) is 8.94. The van der Waals surface area contributed by atoms with Crippen molar-refractivity contribution >= 4 is 11.6 Å². The summed E-state index contributed by atoms with van der Waals surface area (Å²) in [5, 5.41) is 15.0. The van der Waals surface area contributed by atoms with E-state index in [2.05, 4.69) is 22.3 Å². The lowest BCUT2D eigenvalue weighted by molar-refractivity contribution is 0.0345. The van der Waals surface area contributed by atoms with Crippen LogP contribution >= 0.6 is 11.6 Å². The Hall–Kier alpha value is -1.39. The Morgan fingerprint density at radius 3 is 2.12 bits per heavy atom. The summed E-state index contributed by atoms with van der Waals surface area (Å²) < 4.78 is 0. The quantitative estimate of drug-likeness (QED) is 0.871. The molecule has 1 fully saturated rings. The summed E-state index contributed by atoms with van der Waals surface area (Å²) in [6, 6.07) is 16.0. The fourth-order valence-corrected chi connectivity index (χ4v) is 3.24. The first-order valence-electron chi connectivity index (χ1n) is 8.56. The van der Waals surface area contributed by atoms with E-state index in [9.17, 15) is 5.11 Å². The third-order valence-corrected chi connectivity index (χ3v) is 5.06. The number of hydrogen-bond donors (Lipinski definition) is 2. The molecule has 128 valence electrons. The Morgan fingerprint density at radius 2 is 1.54 bits per heavy atom. The van der Waals surface area contributed by atoms with E-state index in [-0.39, 0.29) is 0 Å². The van der Waals surface area contributed by atoms with Crippen molar-refractivity contribution in [3.05, 3.63) is 59.1 Å². The molecule has 0 bridgehead atoms.